The molecule has 5 heteroatoms. The Labute approximate surface area is 141 Å². The van der Waals surface area contributed by atoms with Crippen LogP contribution in [0, 0.1) is 20.8 Å². The highest BCUT2D eigenvalue weighted by molar-refractivity contribution is 5.96. The highest BCUT2D eigenvalue weighted by Gasteiger charge is 2.18. The normalized spacial score (nSPS) is 10.8. The molecule has 124 valence electrons. The average Bonchev–Trinajstić information content (AvgIpc) is 3.11. The summed E-state index contributed by atoms with van der Waals surface area (Å²) in [7, 11) is 0. The minimum atomic E-state index is -0.113. The van der Waals surface area contributed by atoms with Crippen molar-refractivity contribution in [1.82, 2.24) is 15.1 Å². The van der Waals surface area contributed by atoms with E-state index in [4.69, 9.17) is 4.42 Å². The van der Waals surface area contributed by atoms with Crippen molar-refractivity contribution in [3.05, 3.63) is 76.5 Å². The predicted octanol–water partition coefficient (Wildman–Crippen LogP) is 3.38. The zero-order valence-corrected chi connectivity index (χ0v) is 14.2. The molecule has 24 heavy (non-hydrogen) atoms. The Morgan fingerprint density at radius 1 is 1.12 bits per heavy atom. The molecule has 0 saturated carbocycles. The van der Waals surface area contributed by atoms with E-state index in [-0.39, 0.29) is 5.91 Å². The Hall–Kier alpha value is -2.82. The Morgan fingerprint density at radius 3 is 2.54 bits per heavy atom. The van der Waals surface area contributed by atoms with Crippen molar-refractivity contribution in [2.75, 3.05) is 0 Å². The molecule has 0 atom stereocenters. The first-order chi connectivity index (χ1) is 11.5. The first kappa shape index (κ1) is 16.1. The number of nitrogens with one attached hydrogen (secondary N) is 1. The van der Waals surface area contributed by atoms with Gasteiger partial charge in [0.2, 0.25) is 0 Å². The highest BCUT2D eigenvalue weighted by atomic mass is 16.3. The van der Waals surface area contributed by atoms with Crippen molar-refractivity contribution in [2.24, 2.45) is 0 Å². The van der Waals surface area contributed by atoms with Crippen LogP contribution in [0.5, 0.6) is 0 Å². The molecule has 0 aliphatic carbocycles. The molecule has 0 saturated heterocycles. The molecule has 0 fully saturated rings. The van der Waals surface area contributed by atoms with Gasteiger partial charge < -0.3 is 9.73 Å². The lowest BCUT2D eigenvalue weighted by Crippen LogP contribution is -2.23. The van der Waals surface area contributed by atoms with Crippen molar-refractivity contribution in [2.45, 2.75) is 33.9 Å². The van der Waals surface area contributed by atoms with Gasteiger partial charge in [-0.2, -0.15) is 5.10 Å². The average molecular weight is 323 g/mol. The minimum absolute atomic E-state index is 0.113. The summed E-state index contributed by atoms with van der Waals surface area (Å²) in [6.07, 6.45) is 3.73. The topological polar surface area (TPSA) is 60.1 Å². The molecule has 1 aromatic carbocycles. The quantitative estimate of drug-likeness (QED) is 0.783. The monoisotopic (exact) mass is 323 g/mol. The molecule has 0 bridgehead atoms. The van der Waals surface area contributed by atoms with Gasteiger partial charge in [-0.05, 0) is 26.3 Å². The third kappa shape index (κ3) is 3.40. The number of hydrogen-bond donors (Lipinski definition) is 1. The summed E-state index contributed by atoms with van der Waals surface area (Å²) in [6, 6.07) is 10.1. The van der Waals surface area contributed by atoms with E-state index in [1.807, 2.05) is 49.8 Å². The van der Waals surface area contributed by atoms with E-state index >= 15 is 0 Å². The highest BCUT2D eigenvalue weighted by Crippen LogP contribution is 2.20. The van der Waals surface area contributed by atoms with Crippen molar-refractivity contribution in [3.8, 4) is 0 Å². The molecule has 2 aromatic heterocycles. The molecule has 3 aromatic rings. The van der Waals surface area contributed by atoms with Gasteiger partial charge in [-0.1, -0.05) is 30.3 Å². The molecule has 5 nitrogen and oxygen atoms in total. The summed E-state index contributed by atoms with van der Waals surface area (Å²) in [5.74, 6) is 1.33. The lowest BCUT2D eigenvalue weighted by molar-refractivity contribution is 0.0949. The second kappa shape index (κ2) is 6.74. The number of amides is 1. The largest absolute Gasteiger partial charge is 0.466 e. The molecule has 0 radical (unpaired) electrons. The molecular weight excluding hydrogens is 302 g/mol. The van der Waals surface area contributed by atoms with Crippen LogP contribution < -0.4 is 5.32 Å². The fraction of sp³-hybridized carbons (Fsp3) is 0.263. The fourth-order valence-corrected chi connectivity index (χ4v) is 2.75. The zero-order chi connectivity index (χ0) is 17.1. The molecule has 3 rings (SSSR count). The van der Waals surface area contributed by atoms with E-state index in [1.54, 1.807) is 6.20 Å². The van der Waals surface area contributed by atoms with Crippen LogP contribution in [0.4, 0.5) is 0 Å². The van der Waals surface area contributed by atoms with Crippen molar-refractivity contribution >= 4 is 5.91 Å². The number of rotatable bonds is 5. The molecule has 1 amide bonds. The molecule has 0 aliphatic rings. The first-order valence-corrected chi connectivity index (χ1v) is 7.94. The lowest BCUT2D eigenvalue weighted by atomic mass is 10.1. The second-order valence-corrected chi connectivity index (χ2v) is 5.93. The number of aryl methyl sites for hydroxylation is 2. The Balaban J connectivity index is 1.62. The van der Waals surface area contributed by atoms with Gasteiger partial charge in [0.05, 0.1) is 18.3 Å². The van der Waals surface area contributed by atoms with Gasteiger partial charge in [0, 0.05) is 23.9 Å². The number of benzene rings is 1. The van der Waals surface area contributed by atoms with E-state index in [2.05, 4.69) is 22.5 Å². The molecule has 0 spiro atoms. The van der Waals surface area contributed by atoms with Crippen molar-refractivity contribution < 1.29 is 9.21 Å². The molecule has 0 aliphatic heterocycles. The van der Waals surface area contributed by atoms with Crippen LogP contribution in [0.3, 0.4) is 0 Å². The minimum Gasteiger partial charge on any atom is -0.466 e. The molecule has 2 heterocycles. The van der Waals surface area contributed by atoms with E-state index in [0.29, 0.717) is 24.4 Å². The number of furan rings is 1. The van der Waals surface area contributed by atoms with Crippen LogP contribution in [-0.4, -0.2) is 15.7 Å². The van der Waals surface area contributed by atoms with Gasteiger partial charge in [-0.15, -0.1) is 0 Å². The summed E-state index contributed by atoms with van der Waals surface area (Å²) >= 11 is 0. The fourth-order valence-electron chi connectivity index (χ4n) is 2.75. The third-order valence-electron chi connectivity index (χ3n) is 4.12. The maximum Gasteiger partial charge on any atom is 0.255 e. The van der Waals surface area contributed by atoms with Gasteiger partial charge in [0.25, 0.3) is 5.91 Å². The van der Waals surface area contributed by atoms with E-state index in [9.17, 15) is 4.79 Å². The van der Waals surface area contributed by atoms with Gasteiger partial charge >= 0.3 is 0 Å². The maximum absolute atomic E-state index is 12.4. The Morgan fingerprint density at radius 2 is 1.88 bits per heavy atom. The van der Waals surface area contributed by atoms with Crippen LogP contribution in [0.1, 0.15) is 38.6 Å². The SMILES string of the molecule is Cc1oc(C)c(C(=O)NCc2cnn(Cc3ccccc3)c2)c1C. The smallest absolute Gasteiger partial charge is 0.255 e. The van der Waals surface area contributed by atoms with Gasteiger partial charge in [-0.3, -0.25) is 9.48 Å². The van der Waals surface area contributed by atoms with Crippen LogP contribution in [-0.2, 0) is 13.1 Å². The summed E-state index contributed by atoms with van der Waals surface area (Å²) in [6.45, 7) is 6.74. The van der Waals surface area contributed by atoms with Crippen molar-refractivity contribution in [3.63, 3.8) is 0 Å². The standard InChI is InChI=1S/C19H21N3O2/c1-13-14(2)24-15(3)18(13)19(23)20-9-17-10-21-22(12-17)11-16-7-5-4-6-8-16/h4-8,10,12H,9,11H2,1-3H3,(H,20,23). The molecular formula is C19H21N3O2. The number of carbonyl (C=O) groups excluding carboxylic acids is 1. The van der Waals surface area contributed by atoms with Gasteiger partial charge in [0.1, 0.15) is 11.5 Å². The number of carbonyl (C=O) groups is 1. The third-order valence-corrected chi connectivity index (χ3v) is 4.12. The van der Waals surface area contributed by atoms with E-state index in [0.717, 1.165) is 16.9 Å². The Kier molecular flexibility index (Phi) is 4.51. The number of aromatic nitrogens is 2. The zero-order valence-electron chi connectivity index (χ0n) is 14.2. The van der Waals surface area contributed by atoms with E-state index in [1.165, 1.54) is 5.56 Å². The molecule has 1 N–H and O–H groups in total. The summed E-state index contributed by atoms with van der Waals surface area (Å²) in [5, 5.41) is 7.28. The lowest BCUT2D eigenvalue weighted by Gasteiger charge is -2.04. The van der Waals surface area contributed by atoms with Crippen LogP contribution in [0.2, 0.25) is 0 Å². The first-order valence-electron chi connectivity index (χ1n) is 7.94. The molecule has 0 unspecified atom stereocenters. The summed E-state index contributed by atoms with van der Waals surface area (Å²) < 4.78 is 7.38. The predicted molar refractivity (Wildman–Crippen MR) is 91.9 cm³/mol. The summed E-state index contributed by atoms with van der Waals surface area (Å²) in [5.41, 5.74) is 3.68. The summed E-state index contributed by atoms with van der Waals surface area (Å²) in [4.78, 5) is 12.4. The second-order valence-electron chi connectivity index (χ2n) is 5.93. The van der Waals surface area contributed by atoms with Gasteiger partial charge in [0.15, 0.2) is 0 Å². The number of hydrogen-bond acceptors (Lipinski definition) is 3. The van der Waals surface area contributed by atoms with Crippen LogP contribution in [0.15, 0.2) is 47.1 Å². The van der Waals surface area contributed by atoms with Crippen LogP contribution >= 0.6 is 0 Å². The van der Waals surface area contributed by atoms with Gasteiger partial charge in [-0.25, -0.2) is 0 Å². The Bertz CT molecular complexity index is 847. The van der Waals surface area contributed by atoms with Crippen LogP contribution in [0.25, 0.3) is 0 Å². The number of nitrogens with zero attached hydrogens (tertiary/aromatic N) is 2. The van der Waals surface area contributed by atoms with E-state index < -0.39 is 0 Å². The van der Waals surface area contributed by atoms with Crippen molar-refractivity contribution in [1.29, 1.82) is 0 Å². The maximum atomic E-state index is 12.4.